The summed E-state index contributed by atoms with van der Waals surface area (Å²) in [5.74, 6) is 0.799. The molecule has 0 unspecified atom stereocenters. The monoisotopic (exact) mass is 516 g/mol. The number of amides is 2. The highest BCUT2D eigenvalue weighted by atomic mass is 35.5. The third kappa shape index (κ3) is 6.59. The van der Waals surface area contributed by atoms with Crippen molar-refractivity contribution < 1.29 is 24.2 Å². The van der Waals surface area contributed by atoms with E-state index in [-0.39, 0.29) is 27.8 Å². The van der Waals surface area contributed by atoms with E-state index >= 15 is 0 Å². The molecule has 0 saturated carbocycles. The highest BCUT2D eigenvalue weighted by Gasteiger charge is 2.17. The molecule has 3 N–H and O–H groups in total. The van der Waals surface area contributed by atoms with E-state index in [1.165, 1.54) is 18.2 Å². The molecule has 0 atom stereocenters. The smallest absolute Gasteiger partial charge is 0.255 e. The molecule has 0 bridgehead atoms. The van der Waals surface area contributed by atoms with Gasteiger partial charge in [0.25, 0.3) is 11.8 Å². The SMILES string of the molecule is COc1ccccc1CCNC(=O)c1cc(Oc2ccccc2)ccc1NC(=O)c1ccc(O)c(Cl)c1. The standard InChI is InChI=1S/C29H25ClN2O5/c1-36-27-10-6-5-7-19(27)15-16-31-29(35)23-18-22(37-21-8-3-2-4-9-21)12-13-25(23)32-28(34)20-11-14-26(33)24(30)17-20/h2-14,17-18,33H,15-16H2,1H3,(H,31,35)(H,32,34). The lowest BCUT2D eigenvalue weighted by Gasteiger charge is -2.15. The normalized spacial score (nSPS) is 10.4. The van der Waals surface area contributed by atoms with E-state index in [0.29, 0.717) is 30.2 Å². The van der Waals surface area contributed by atoms with Crippen LogP contribution >= 0.6 is 11.6 Å². The van der Waals surface area contributed by atoms with E-state index in [9.17, 15) is 14.7 Å². The maximum atomic E-state index is 13.2. The Morgan fingerprint density at radius 3 is 2.38 bits per heavy atom. The van der Waals surface area contributed by atoms with Gasteiger partial charge in [0.2, 0.25) is 0 Å². The molecule has 0 aliphatic carbocycles. The number of para-hydroxylation sites is 2. The fourth-order valence-corrected chi connectivity index (χ4v) is 3.85. The molecule has 0 saturated heterocycles. The zero-order chi connectivity index (χ0) is 26.2. The number of hydrogen-bond donors (Lipinski definition) is 3. The average molecular weight is 517 g/mol. The molecule has 8 heteroatoms. The Balaban J connectivity index is 1.55. The number of benzene rings is 4. The Bertz CT molecular complexity index is 1410. The number of aromatic hydroxyl groups is 1. The van der Waals surface area contributed by atoms with E-state index in [2.05, 4.69) is 10.6 Å². The van der Waals surface area contributed by atoms with Crippen LogP contribution in [0.2, 0.25) is 5.02 Å². The quantitative estimate of drug-likeness (QED) is 0.251. The van der Waals surface area contributed by atoms with Crippen LogP contribution in [0.1, 0.15) is 26.3 Å². The summed E-state index contributed by atoms with van der Waals surface area (Å²) in [7, 11) is 1.60. The predicted molar refractivity (Wildman–Crippen MR) is 143 cm³/mol. The summed E-state index contributed by atoms with van der Waals surface area (Å²) in [5.41, 5.74) is 1.72. The Kier molecular flexibility index (Phi) is 8.28. The maximum absolute atomic E-state index is 13.2. The number of carbonyl (C=O) groups is 2. The molecule has 2 amide bonds. The maximum Gasteiger partial charge on any atom is 0.255 e. The van der Waals surface area contributed by atoms with Gasteiger partial charge in [0.05, 0.1) is 23.4 Å². The van der Waals surface area contributed by atoms with E-state index in [1.807, 2.05) is 42.5 Å². The van der Waals surface area contributed by atoms with Gasteiger partial charge >= 0.3 is 0 Å². The van der Waals surface area contributed by atoms with Crippen molar-refractivity contribution in [3.8, 4) is 23.0 Å². The number of ether oxygens (including phenoxy) is 2. The highest BCUT2D eigenvalue weighted by Crippen LogP contribution is 2.28. The van der Waals surface area contributed by atoms with Crippen LogP contribution in [0, 0.1) is 0 Å². The van der Waals surface area contributed by atoms with Crippen molar-refractivity contribution in [3.63, 3.8) is 0 Å². The number of rotatable bonds is 9. The Morgan fingerprint density at radius 2 is 1.62 bits per heavy atom. The molecule has 37 heavy (non-hydrogen) atoms. The summed E-state index contributed by atoms with van der Waals surface area (Å²) < 4.78 is 11.3. The first-order valence-electron chi connectivity index (χ1n) is 11.5. The Morgan fingerprint density at radius 1 is 0.865 bits per heavy atom. The number of phenols is 1. The number of carbonyl (C=O) groups excluding carboxylic acids is 2. The number of halogens is 1. The van der Waals surface area contributed by atoms with Crippen molar-refractivity contribution in [2.45, 2.75) is 6.42 Å². The van der Waals surface area contributed by atoms with Gasteiger partial charge in [-0.1, -0.05) is 48.0 Å². The number of nitrogens with one attached hydrogen (secondary N) is 2. The minimum Gasteiger partial charge on any atom is -0.506 e. The van der Waals surface area contributed by atoms with Crippen molar-refractivity contribution in [2.75, 3.05) is 19.0 Å². The third-order valence-corrected chi connectivity index (χ3v) is 5.85. The lowest BCUT2D eigenvalue weighted by Crippen LogP contribution is -2.27. The van der Waals surface area contributed by atoms with E-state index < -0.39 is 5.91 Å². The Labute approximate surface area is 219 Å². The number of methoxy groups -OCH3 is 1. The second-order valence-electron chi connectivity index (χ2n) is 8.06. The molecule has 7 nitrogen and oxygen atoms in total. The molecule has 4 aromatic carbocycles. The average Bonchev–Trinajstić information content (AvgIpc) is 2.91. The first kappa shape index (κ1) is 25.6. The number of anilines is 1. The van der Waals surface area contributed by atoms with Crippen LogP contribution in [-0.2, 0) is 6.42 Å². The van der Waals surface area contributed by atoms with Gasteiger partial charge < -0.3 is 25.2 Å². The first-order chi connectivity index (χ1) is 17.9. The lowest BCUT2D eigenvalue weighted by atomic mass is 10.1. The zero-order valence-corrected chi connectivity index (χ0v) is 20.8. The van der Waals surface area contributed by atoms with Crippen molar-refractivity contribution in [2.24, 2.45) is 0 Å². The number of phenolic OH excluding ortho intramolecular Hbond substituents is 1. The molecule has 188 valence electrons. The van der Waals surface area contributed by atoms with Crippen molar-refractivity contribution in [3.05, 3.63) is 113 Å². The molecule has 4 aromatic rings. The van der Waals surface area contributed by atoms with Gasteiger partial charge in [0, 0.05) is 12.1 Å². The molecule has 0 heterocycles. The minimum atomic E-state index is -0.485. The lowest BCUT2D eigenvalue weighted by molar-refractivity contribution is 0.0954. The van der Waals surface area contributed by atoms with Gasteiger partial charge in [-0.05, 0) is 66.6 Å². The second kappa shape index (κ2) is 12.0. The summed E-state index contributed by atoms with van der Waals surface area (Å²) in [6.45, 7) is 0.351. The molecule has 0 aromatic heterocycles. The van der Waals surface area contributed by atoms with Crippen LogP contribution in [0.3, 0.4) is 0 Å². The molecule has 0 spiro atoms. The van der Waals surface area contributed by atoms with E-state index in [0.717, 1.165) is 11.3 Å². The Hall–Kier alpha value is -4.49. The van der Waals surface area contributed by atoms with E-state index in [4.69, 9.17) is 21.1 Å². The van der Waals surface area contributed by atoms with Crippen LogP contribution in [0.5, 0.6) is 23.0 Å². The van der Waals surface area contributed by atoms with Gasteiger partial charge in [-0.3, -0.25) is 9.59 Å². The van der Waals surface area contributed by atoms with Gasteiger partial charge in [-0.15, -0.1) is 0 Å². The molecule has 0 fully saturated rings. The number of hydrogen-bond acceptors (Lipinski definition) is 5. The molecule has 0 aliphatic heterocycles. The van der Waals surface area contributed by atoms with Crippen molar-refractivity contribution >= 4 is 29.1 Å². The van der Waals surface area contributed by atoms with Gasteiger partial charge in [0.15, 0.2) is 0 Å². The molecule has 0 aliphatic rings. The van der Waals surface area contributed by atoms with Crippen LogP contribution in [0.25, 0.3) is 0 Å². The molecular weight excluding hydrogens is 492 g/mol. The summed E-state index contributed by atoms with van der Waals surface area (Å²) in [5, 5.41) is 15.4. The predicted octanol–water partition coefficient (Wildman–Crippen LogP) is 6.07. The van der Waals surface area contributed by atoms with Crippen molar-refractivity contribution in [1.82, 2.24) is 5.32 Å². The van der Waals surface area contributed by atoms with Gasteiger partial charge in [-0.2, -0.15) is 0 Å². The molecular formula is C29H25ClN2O5. The van der Waals surface area contributed by atoms with Crippen LogP contribution in [-0.4, -0.2) is 30.6 Å². The topological polar surface area (TPSA) is 96.9 Å². The highest BCUT2D eigenvalue weighted by molar-refractivity contribution is 6.32. The minimum absolute atomic E-state index is 0.0496. The summed E-state index contributed by atoms with van der Waals surface area (Å²) in [6, 6.07) is 25.7. The fraction of sp³-hybridized carbons (Fsp3) is 0.103. The van der Waals surface area contributed by atoms with Gasteiger partial charge in [0.1, 0.15) is 23.0 Å². The fourth-order valence-electron chi connectivity index (χ4n) is 3.67. The van der Waals surface area contributed by atoms with Crippen LogP contribution < -0.4 is 20.1 Å². The molecule has 4 rings (SSSR count). The largest absolute Gasteiger partial charge is 0.506 e. The third-order valence-electron chi connectivity index (χ3n) is 5.55. The summed E-state index contributed by atoms with van der Waals surface area (Å²) in [4.78, 5) is 26.1. The summed E-state index contributed by atoms with van der Waals surface area (Å²) in [6.07, 6.45) is 0.559. The van der Waals surface area contributed by atoms with Crippen LogP contribution in [0.4, 0.5) is 5.69 Å². The first-order valence-corrected chi connectivity index (χ1v) is 11.9. The van der Waals surface area contributed by atoms with Gasteiger partial charge in [-0.25, -0.2) is 0 Å². The summed E-state index contributed by atoms with van der Waals surface area (Å²) >= 11 is 5.95. The zero-order valence-electron chi connectivity index (χ0n) is 20.0. The van der Waals surface area contributed by atoms with Crippen LogP contribution in [0.15, 0.2) is 91.0 Å². The van der Waals surface area contributed by atoms with E-state index in [1.54, 1.807) is 37.4 Å². The second-order valence-corrected chi connectivity index (χ2v) is 8.47. The molecule has 0 radical (unpaired) electrons. The van der Waals surface area contributed by atoms with Crippen molar-refractivity contribution in [1.29, 1.82) is 0 Å².